The van der Waals surface area contributed by atoms with Crippen LogP contribution in [0.4, 0.5) is 0 Å². The highest BCUT2D eigenvalue weighted by Gasteiger charge is 2.21. The summed E-state index contributed by atoms with van der Waals surface area (Å²) >= 11 is 0. The summed E-state index contributed by atoms with van der Waals surface area (Å²) < 4.78 is 15.9. The van der Waals surface area contributed by atoms with Crippen LogP contribution in [0, 0.1) is 0 Å². The van der Waals surface area contributed by atoms with Crippen LogP contribution in [0.2, 0.25) is 0 Å². The summed E-state index contributed by atoms with van der Waals surface area (Å²) in [7, 11) is 1.54. The van der Waals surface area contributed by atoms with E-state index in [-0.39, 0.29) is 25.2 Å². The molecule has 1 aliphatic carbocycles. The Morgan fingerprint density at radius 3 is 2.77 bits per heavy atom. The standard InChI is InChI=1S/C24H27NO5/c1-3-7-17-12-13-21(22(14-17)28-2)29-16-24(27)30-15-23(26)25-20-11-6-9-18-8-4-5-10-19(18)20/h3-5,7-8,10,12-14,20H,6,9,11,15-16H2,1-2H3,(H,25,26). The van der Waals surface area contributed by atoms with Crippen molar-refractivity contribution in [3.63, 3.8) is 0 Å². The van der Waals surface area contributed by atoms with E-state index in [0.717, 1.165) is 30.4 Å². The molecule has 0 radical (unpaired) electrons. The minimum Gasteiger partial charge on any atom is -0.493 e. The number of carbonyl (C=O) groups excluding carboxylic acids is 2. The first-order chi connectivity index (χ1) is 14.6. The van der Waals surface area contributed by atoms with E-state index in [1.165, 1.54) is 12.7 Å². The number of methoxy groups -OCH3 is 1. The minimum atomic E-state index is -0.617. The van der Waals surface area contributed by atoms with Gasteiger partial charge in [0.05, 0.1) is 13.2 Å². The molecule has 0 heterocycles. The second kappa shape index (κ2) is 10.5. The van der Waals surface area contributed by atoms with Crippen LogP contribution in [0.1, 0.15) is 42.5 Å². The molecule has 6 heteroatoms. The number of amides is 1. The van der Waals surface area contributed by atoms with E-state index in [2.05, 4.69) is 11.4 Å². The van der Waals surface area contributed by atoms with Crippen molar-refractivity contribution in [2.45, 2.75) is 32.2 Å². The maximum atomic E-state index is 12.2. The molecule has 1 unspecified atom stereocenters. The Morgan fingerprint density at radius 1 is 1.13 bits per heavy atom. The molecule has 0 fully saturated rings. The Labute approximate surface area is 176 Å². The second-order valence-corrected chi connectivity index (χ2v) is 7.07. The highest BCUT2D eigenvalue weighted by Crippen LogP contribution is 2.30. The van der Waals surface area contributed by atoms with Crippen molar-refractivity contribution < 1.29 is 23.8 Å². The van der Waals surface area contributed by atoms with Gasteiger partial charge in [-0.15, -0.1) is 0 Å². The van der Waals surface area contributed by atoms with Crippen LogP contribution >= 0.6 is 0 Å². The Bertz CT molecular complexity index is 922. The quantitative estimate of drug-likeness (QED) is 0.671. The summed E-state index contributed by atoms with van der Waals surface area (Å²) in [6.45, 7) is 1.28. The molecule has 0 aliphatic heterocycles. The van der Waals surface area contributed by atoms with Crippen LogP contribution in [0.15, 0.2) is 48.5 Å². The van der Waals surface area contributed by atoms with Crippen LogP contribution in [-0.2, 0) is 20.7 Å². The van der Waals surface area contributed by atoms with Gasteiger partial charge in [-0.3, -0.25) is 4.79 Å². The second-order valence-electron chi connectivity index (χ2n) is 7.07. The third-order valence-electron chi connectivity index (χ3n) is 4.96. The van der Waals surface area contributed by atoms with Gasteiger partial charge in [-0.2, -0.15) is 0 Å². The first-order valence-electron chi connectivity index (χ1n) is 10.1. The van der Waals surface area contributed by atoms with Gasteiger partial charge in [-0.1, -0.05) is 42.5 Å². The van der Waals surface area contributed by atoms with Crippen LogP contribution < -0.4 is 14.8 Å². The summed E-state index contributed by atoms with van der Waals surface area (Å²) in [4.78, 5) is 24.2. The molecule has 1 aliphatic rings. The summed E-state index contributed by atoms with van der Waals surface area (Å²) in [6, 6.07) is 13.5. The number of fused-ring (bicyclic) bond motifs is 1. The number of benzene rings is 2. The summed E-state index contributed by atoms with van der Waals surface area (Å²) in [5.41, 5.74) is 3.36. The van der Waals surface area contributed by atoms with E-state index >= 15 is 0 Å². The summed E-state index contributed by atoms with van der Waals surface area (Å²) in [5.74, 6) is 0.0187. The van der Waals surface area contributed by atoms with E-state index in [1.54, 1.807) is 6.07 Å². The highest BCUT2D eigenvalue weighted by molar-refractivity contribution is 5.81. The maximum absolute atomic E-state index is 12.2. The first-order valence-corrected chi connectivity index (χ1v) is 10.1. The molecular weight excluding hydrogens is 382 g/mol. The lowest BCUT2D eigenvalue weighted by molar-refractivity contribution is -0.150. The number of carbonyl (C=O) groups is 2. The van der Waals surface area contributed by atoms with E-state index < -0.39 is 5.97 Å². The van der Waals surface area contributed by atoms with Crippen LogP contribution in [0.5, 0.6) is 11.5 Å². The molecule has 2 aromatic carbocycles. The van der Waals surface area contributed by atoms with Gasteiger partial charge in [-0.25, -0.2) is 4.79 Å². The summed E-state index contributed by atoms with van der Waals surface area (Å²) in [6.07, 6.45) is 6.77. The molecule has 0 spiro atoms. The minimum absolute atomic E-state index is 0.0441. The van der Waals surface area contributed by atoms with E-state index in [1.807, 2.05) is 49.4 Å². The van der Waals surface area contributed by atoms with E-state index in [9.17, 15) is 9.59 Å². The van der Waals surface area contributed by atoms with Gasteiger partial charge in [0.25, 0.3) is 5.91 Å². The molecular formula is C24H27NO5. The largest absolute Gasteiger partial charge is 0.493 e. The molecule has 30 heavy (non-hydrogen) atoms. The fourth-order valence-corrected chi connectivity index (χ4v) is 3.56. The van der Waals surface area contributed by atoms with Crippen molar-refractivity contribution in [3.8, 4) is 11.5 Å². The molecule has 1 atom stereocenters. The van der Waals surface area contributed by atoms with Gasteiger partial charge in [0, 0.05) is 0 Å². The molecule has 1 N–H and O–H groups in total. The van der Waals surface area contributed by atoms with Gasteiger partial charge in [0.1, 0.15) is 0 Å². The molecule has 6 nitrogen and oxygen atoms in total. The zero-order chi connectivity index (χ0) is 21.3. The number of esters is 1. The monoisotopic (exact) mass is 409 g/mol. The SMILES string of the molecule is CC=Cc1ccc(OCC(=O)OCC(=O)NC2CCCc3ccccc32)c(OC)c1. The number of hydrogen-bond acceptors (Lipinski definition) is 5. The Kier molecular flexibility index (Phi) is 7.49. The molecule has 0 aromatic heterocycles. The van der Waals surface area contributed by atoms with Crippen molar-refractivity contribution >= 4 is 18.0 Å². The van der Waals surface area contributed by atoms with Crippen molar-refractivity contribution in [2.24, 2.45) is 0 Å². The topological polar surface area (TPSA) is 73.9 Å². The average molecular weight is 409 g/mol. The number of ether oxygens (including phenoxy) is 3. The molecule has 0 bridgehead atoms. The van der Waals surface area contributed by atoms with Crippen molar-refractivity contribution in [1.29, 1.82) is 0 Å². The molecule has 0 saturated heterocycles. The van der Waals surface area contributed by atoms with Gasteiger partial charge >= 0.3 is 5.97 Å². The molecule has 158 valence electrons. The van der Waals surface area contributed by atoms with Gasteiger partial charge in [-0.05, 0) is 55.0 Å². The zero-order valence-corrected chi connectivity index (χ0v) is 17.4. The smallest absolute Gasteiger partial charge is 0.344 e. The van der Waals surface area contributed by atoms with Crippen molar-refractivity contribution in [1.82, 2.24) is 5.32 Å². The zero-order valence-electron chi connectivity index (χ0n) is 17.4. The fourth-order valence-electron chi connectivity index (χ4n) is 3.56. The number of nitrogens with one attached hydrogen (secondary N) is 1. The van der Waals surface area contributed by atoms with Crippen LogP contribution in [0.25, 0.3) is 6.08 Å². The maximum Gasteiger partial charge on any atom is 0.344 e. The fraction of sp³-hybridized carbons (Fsp3) is 0.333. The number of aryl methyl sites for hydroxylation is 1. The average Bonchev–Trinajstić information content (AvgIpc) is 2.77. The number of allylic oxidation sites excluding steroid dienone is 1. The molecule has 1 amide bonds. The van der Waals surface area contributed by atoms with Gasteiger partial charge in [0.15, 0.2) is 24.7 Å². The third-order valence-corrected chi connectivity index (χ3v) is 4.96. The predicted octanol–water partition coefficient (Wildman–Crippen LogP) is 3.84. The van der Waals surface area contributed by atoms with Crippen LogP contribution in [0.3, 0.4) is 0 Å². The highest BCUT2D eigenvalue weighted by atomic mass is 16.6. The van der Waals surface area contributed by atoms with Crippen LogP contribution in [-0.4, -0.2) is 32.2 Å². The molecule has 2 aromatic rings. The Morgan fingerprint density at radius 2 is 1.97 bits per heavy atom. The van der Waals surface area contributed by atoms with Crippen molar-refractivity contribution in [3.05, 3.63) is 65.2 Å². The number of rotatable bonds is 8. The summed E-state index contributed by atoms with van der Waals surface area (Å²) in [5, 5.41) is 2.96. The first kappa shape index (κ1) is 21.4. The lowest BCUT2D eigenvalue weighted by atomic mass is 9.88. The van der Waals surface area contributed by atoms with E-state index in [4.69, 9.17) is 14.2 Å². The normalized spacial score (nSPS) is 15.3. The Balaban J connectivity index is 1.47. The van der Waals surface area contributed by atoms with E-state index in [0.29, 0.717) is 11.5 Å². The molecule has 0 saturated carbocycles. The van der Waals surface area contributed by atoms with Gasteiger partial charge < -0.3 is 19.5 Å². The van der Waals surface area contributed by atoms with Crippen molar-refractivity contribution in [2.75, 3.05) is 20.3 Å². The van der Waals surface area contributed by atoms with Gasteiger partial charge in [0.2, 0.25) is 0 Å². The predicted molar refractivity (Wildman–Crippen MR) is 114 cm³/mol. The Hall–Kier alpha value is -3.28. The molecule has 3 rings (SSSR count). The lowest BCUT2D eigenvalue weighted by Gasteiger charge is -2.26. The number of hydrogen-bond donors (Lipinski definition) is 1. The lowest BCUT2D eigenvalue weighted by Crippen LogP contribution is -2.34. The third kappa shape index (κ3) is 5.63.